The minimum Gasteiger partial charge on any atom is -0.308 e. The van der Waals surface area contributed by atoms with Gasteiger partial charge in [-0.15, -0.1) is 12.4 Å². The van der Waals surface area contributed by atoms with Crippen molar-refractivity contribution in [2.75, 3.05) is 10.6 Å². The molecule has 1 aliphatic rings. The van der Waals surface area contributed by atoms with Gasteiger partial charge in [0.2, 0.25) is 10.0 Å². The van der Waals surface area contributed by atoms with E-state index in [1.54, 1.807) is 6.07 Å². The smallest absolute Gasteiger partial charge is 0.308 e. The zero-order chi connectivity index (χ0) is 22.9. The summed E-state index contributed by atoms with van der Waals surface area (Å²) in [4.78, 5) is 12.5. The molecule has 0 unspecified atom stereocenters. The molecule has 1 fully saturated rings. The molecule has 1 heterocycles. The van der Waals surface area contributed by atoms with E-state index < -0.39 is 27.8 Å². The van der Waals surface area contributed by atoms with Crippen molar-refractivity contribution in [1.29, 1.82) is 0 Å². The van der Waals surface area contributed by atoms with E-state index >= 15 is 0 Å². The number of benzene rings is 2. The molecule has 0 bridgehead atoms. The van der Waals surface area contributed by atoms with Gasteiger partial charge in [-0.05, 0) is 65.6 Å². The van der Waals surface area contributed by atoms with Crippen molar-refractivity contribution in [2.45, 2.75) is 30.0 Å². The van der Waals surface area contributed by atoms with Gasteiger partial charge in [-0.3, -0.25) is 0 Å². The molecule has 1 saturated carbocycles. The summed E-state index contributed by atoms with van der Waals surface area (Å²) in [6.07, 6.45) is -3.00. The molecular formula is C21H19ClF3N3O3S2. The predicted molar refractivity (Wildman–Crippen MR) is 124 cm³/mol. The van der Waals surface area contributed by atoms with Crippen LogP contribution in [0.5, 0.6) is 0 Å². The van der Waals surface area contributed by atoms with Gasteiger partial charge in [0.15, 0.2) is 0 Å². The Hall–Kier alpha value is -2.60. The molecule has 1 aromatic heterocycles. The van der Waals surface area contributed by atoms with Crippen LogP contribution in [-0.2, 0) is 16.2 Å². The maximum atomic E-state index is 12.9. The molecule has 0 aliphatic heterocycles. The molecule has 0 radical (unpaired) electrons. The fourth-order valence-corrected chi connectivity index (χ4v) is 5.00. The van der Waals surface area contributed by atoms with Crippen LogP contribution in [0.15, 0.2) is 64.2 Å². The van der Waals surface area contributed by atoms with Crippen LogP contribution in [0.25, 0.3) is 11.1 Å². The molecule has 0 saturated heterocycles. The van der Waals surface area contributed by atoms with Crippen LogP contribution in [0, 0.1) is 0 Å². The molecule has 3 aromatic rings. The van der Waals surface area contributed by atoms with Gasteiger partial charge < -0.3 is 10.6 Å². The molecule has 2 amide bonds. The molecule has 6 nitrogen and oxygen atoms in total. The van der Waals surface area contributed by atoms with Gasteiger partial charge in [0.05, 0.1) is 16.1 Å². The fraction of sp³-hybridized carbons (Fsp3) is 0.190. The number of urea groups is 1. The molecule has 1 aliphatic carbocycles. The lowest BCUT2D eigenvalue weighted by molar-refractivity contribution is -0.137. The lowest BCUT2D eigenvalue weighted by atomic mass is 10.1. The van der Waals surface area contributed by atoms with Crippen LogP contribution in [0.1, 0.15) is 18.4 Å². The number of alkyl halides is 3. The van der Waals surface area contributed by atoms with E-state index in [9.17, 15) is 26.4 Å². The molecule has 0 atom stereocenters. The van der Waals surface area contributed by atoms with Crippen molar-refractivity contribution in [3.05, 3.63) is 64.9 Å². The van der Waals surface area contributed by atoms with Crippen molar-refractivity contribution in [1.82, 2.24) is 4.72 Å². The minimum absolute atomic E-state index is 0. The van der Waals surface area contributed by atoms with Crippen LogP contribution >= 0.6 is 23.7 Å². The number of rotatable bonds is 6. The monoisotopic (exact) mass is 517 g/mol. The number of sulfonamides is 1. The highest BCUT2D eigenvalue weighted by molar-refractivity contribution is 7.89. The molecule has 0 spiro atoms. The second-order valence-electron chi connectivity index (χ2n) is 7.27. The van der Waals surface area contributed by atoms with Crippen molar-refractivity contribution >= 4 is 51.2 Å². The van der Waals surface area contributed by atoms with Crippen molar-refractivity contribution in [3.63, 3.8) is 0 Å². The van der Waals surface area contributed by atoms with Crippen molar-refractivity contribution < 1.29 is 26.4 Å². The molecule has 12 heteroatoms. The topological polar surface area (TPSA) is 87.3 Å². The fourth-order valence-electron chi connectivity index (χ4n) is 3.01. The maximum absolute atomic E-state index is 12.9. The molecule has 2 aromatic carbocycles. The molecular weight excluding hydrogens is 499 g/mol. The van der Waals surface area contributed by atoms with Gasteiger partial charge in [0, 0.05) is 17.3 Å². The summed E-state index contributed by atoms with van der Waals surface area (Å²) in [5.41, 5.74) is 0.618. The van der Waals surface area contributed by atoms with Crippen molar-refractivity contribution in [2.24, 2.45) is 0 Å². The summed E-state index contributed by atoms with van der Waals surface area (Å²) in [6.45, 7) is 0. The highest BCUT2D eigenvalue weighted by atomic mass is 35.5. The van der Waals surface area contributed by atoms with Gasteiger partial charge >= 0.3 is 12.2 Å². The van der Waals surface area contributed by atoms with E-state index in [0.29, 0.717) is 5.56 Å². The minimum atomic E-state index is -4.54. The SMILES string of the molecule is Cl.O=C(Nc1cccc(C(F)(F)F)c1)Nc1cc(S(=O)(=O)NC2CC2)ccc1-c1ccsc1. The van der Waals surface area contributed by atoms with Crippen LogP contribution in [0.2, 0.25) is 0 Å². The van der Waals surface area contributed by atoms with E-state index in [2.05, 4.69) is 15.4 Å². The van der Waals surface area contributed by atoms with Crippen LogP contribution in [-0.4, -0.2) is 20.5 Å². The molecule has 176 valence electrons. The van der Waals surface area contributed by atoms with E-state index in [-0.39, 0.29) is 34.7 Å². The quantitative estimate of drug-likeness (QED) is 0.378. The van der Waals surface area contributed by atoms with Crippen LogP contribution in [0.4, 0.5) is 29.3 Å². The number of hydrogen-bond donors (Lipinski definition) is 3. The number of amides is 2. The van der Waals surface area contributed by atoms with E-state index in [4.69, 9.17) is 0 Å². The number of hydrogen-bond acceptors (Lipinski definition) is 4. The maximum Gasteiger partial charge on any atom is 0.416 e. The highest BCUT2D eigenvalue weighted by Crippen LogP contribution is 2.33. The Bertz CT molecular complexity index is 1250. The Morgan fingerprint density at radius 2 is 1.79 bits per heavy atom. The Balaban J connectivity index is 0.00000306. The Kier molecular flexibility index (Phi) is 7.37. The first-order valence-electron chi connectivity index (χ1n) is 9.56. The van der Waals surface area contributed by atoms with Gasteiger partial charge in [0.1, 0.15) is 0 Å². The standard InChI is InChI=1S/C21H18F3N3O3S2.ClH/c22-21(23,24)14-2-1-3-16(10-14)25-20(28)26-19-11-17(32(29,30)27-15-4-5-15)6-7-18(19)13-8-9-31-12-13;/h1-3,6-12,15,27H,4-5H2,(H2,25,26,28);1H. The second-order valence-corrected chi connectivity index (χ2v) is 9.77. The second kappa shape index (κ2) is 9.72. The summed E-state index contributed by atoms with van der Waals surface area (Å²) in [5.74, 6) is 0. The van der Waals surface area contributed by atoms with Gasteiger partial charge in [0.25, 0.3) is 0 Å². The Labute approximate surface area is 198 Å². The van der Waals surface area contributed by atoms with E-state index in [1.165, 1.54) is 35.6 Å². The summed E-state index contributed by atoms with van der Waals surface area (Å²) in [7, 11) is -3.77. The van der Waals surface area contributed by atoms with Crippen LogP contribution < -0.4 is 15.4 Å². The average Bonchev–Trinajstić information content (AvgIpc) is 3.35. The Morgan fingerprint density at radius 3 is 2.42 bits per heavy atom. The lowest BCUT2D eigenvalue weighted by Gasteiger charge is -2.15. The largest absolute Gasteiger partial charge is 0.416 e. The van der Waals surface area contributed by atoms with Gasteiger partial charge in [-0.1, -0.05) is 12.1 Å². The first-order chi connectivity index (χ1) is 15.1. The predicted octanol–water partition coefficient (Wildman–Crippen LogP) is 5.94. The third-order valence-corrected chi connectivity index (χ3v) is 6.93. The molecule has 4 rings (SSSR count). The van der Waals surface area contributed by atoms with E-state index in [0.717, 1.165) is 30.5 Å². The third-order valence-electron chi connectivity index (χ3n) is 4.73. The van der Waals surface area contributed by atoms with Crippen LogP contribution in [0.3, 0.4) is 0 Å². The van der Waals surface area contributed by atoms with Gasteiger partial charge in [-0.2, -0.15) is 24.5 Å². The average molecular weight is 518 g/mol. The zero-order valence-corrected chi connectivity index (χ0v) is 19.3. The molecule has 3 N–H and O–H groups in total. The first-order valence-corrected chi connectivity index (χ1v) is 12.0. The highest BCUT2D eigenvalue weighted by Gasteiger charge is 2.31. The summed E-state index contributed by atoms with van der Waals surface area (Å²) in [6, 6.07) is 9.54. The number of anilines is 2. The number of carbonyl (C=O) groups is 1. The lowest BCUT2D eigenvalue weighted by Crippen LogP contribution is -2.26. The summed E-state index contributed by atoms with van der Waals surface area (Å²) < 4.78 is 66.5. The summed E-state index contributed by atoms with van der Waals surface area (Å²) >= 11 is 1.43. The third kappa shape index (κ3) is 6.26. The molecule has 33 heavy (non-hydrogen) atoms. The zero-order valence-electron chi connectivity index (χ0n) is 16.8. The normalized spacial score (nSPS) is 13.8. The Morgan fingerprint density at radius 1 is 1.03 bits per heavy atom. The number of thiophene rings is 1. The first kappa shape index (κ1) is 25.0. The number of carbonyl (C=O) groups excluding carboxylic acids is 1. The number of nitrogens with one attached hydrogen (secondary N) is 3. The van der Waals surface area contributed by atoms with Crippen molar-refractivity contribution in [3.8, 4) is 11.1 Å². The summed E-state index contributed by atoms with van der Waals surface area (Å²) in [5, 5.41) is 8.60. The van der Waals surface area contributed by atoms with E-state index in [1.807, 2.05) is 16.8 Å². The van der Waals surface area contributed by atoms with Gasteiger partial charge in [-0.25, -0.2) is 17.9 Å². The number of halogens is 4.